The average Bonchev–Trinajstić information content (AvgIpc) is 2.65. The molecule has 0 saturated carbocycles. The van der Waals surface area contributed by atoms with Gasteiger partial charge in [-0.3, -0.25) is 15.0 Å². The summed E-state index contributed by atoms with van der Waals surface area (Å²) in [5, 5.41) is 20.7. The number of aliphatic hydroxyl groups excluding tert-OH is 1. The molecule has 1 atom stereocenters. The lowest BCUT2D eigenvalue weighted by molar-refractivity contribution is -0.385. The third-order valence-electron chi connectivity index (χ3n) is 3.83. The zero-order chi connectivity index (χ0) is 14.5. The molecule has 0 amide bonds. The van der Waals surface area contributed by atoms with Crippen LogP contribution in [-0.2, 0) is 6.54 Å². The Labute approximate surface area is 126 Å². The van der Waals surface area contributed by atoms with E-state index in [1.54, 1.807) is 12.1 Å². The van der Waals surface area contributed by atoms with E-state index < -0.39 is 0 Å². The first-order valence-electron chi connectivity index (χ1n) is 6.89. The van der Waals surface area contributed by atoms with Gasteiger partial charge in [0.15, 0.2) is 0 Å². The van der Waals surface area contributed by atoms with Crippen molar-refractivity contribution in [3.63, 3.8) is 0 Å². The van der Waals surface area contributed by atoms with E-state index in [-0.39, 0.29) is 23.3 Å². The Balaban J connectivity index is 2.21. The SMILES string of the molecule is O=[N+]([O-])c1cc(Br)ccc1CN1CCCCCC1CO. The molecule has 1 N–H and O–H groups in total. The van der Waals surface area contributed by atoms with Gasteiger partial charge in [-0.1, -0.05) is 28.8 Å². The summed E-state index contributed by atoms with van der Waals surface area (Å²) in [6.45, 7) is 1.53. The molecule has 6 heteroatoms. The maximum absolute atomic E-state index is 11.2. The molecule has 1 aliphatic heterocycles. The summed E-state index contributed by atoms with van der Waals surface area (Å²) in [5.41, 5.74) is 0.846. The van der Waals surface area contributed by atoms with Gasteiger partial charge in [0.1, 0.15) is 0 Å². The van der Waals surface area contributed by atoms with Crippen LogP contribution >= 0.6 is 15.9 Å². The van der Waals surface area contributed by atoms with E-state index in [1.165, 1.54) is 0 Å². The molecule has 2 rings (SSSR count). The molecule has 1 aromatic rings. The largest absolute Gasteiger partial charge is 0.395 e. The van der Waals surface area contributed by atoms with E-state index in [2.05, 4.69) is 20.8 Å². The summed E-state index contributed by atoms with van der Waals surface area (Å²) < 4.78 is 0.711. The predicted octanol–water partition coefficient (Wildman–Crippen LogP) is 3.09. The van der Waals surface area contributed by atoms with E-state index in [0.29, 0.717) is 16.6 Å². The van der Waals surface area contributed by atoms with E-state index in [9.17, 15) is 15.2 Å². The van der Waals surface area contributed by atoms with Crippen molar-refractivity contribution in [2.24, 2.45) is 0 Å². The van der Waals surface area contributed by atoms with Crippen molar-refractivity contribution >= 4 is 21.6 Å². The van der Waals surface area contributed by atoms with Crippen LogP contribution in [0.1, 0.15) is 31.2 Å². The Morgan fingerprint density at radius 1 is 1.40 bits per heavy atom. The van der Waals surface area contributed by atoms with E-state index in [0.717, 1.165) is 32.2 Å². The van der Waals surface area contributed by atoms with Crippen LogP contribution < -0.4 is 0 Å². The molecule has 1 aromatic carbocycles. The summed E-state index contributed by atoms with van der Waals surface area (Å²) in [4.78, 5) is 13.0. The highest BCUT2D eigenvalue weighted by atomic mass is 79.9. The molecule has 0 spiro atoms. The van der Waals surface area contributed by atoms with Gasteiger partial charge in [0.05, 0.1) is 11.5 Å². The van der Waals surface area contributed by atoms with Crippen molar-refractivity contribution in [1.29, 1.82) is 0 Å². The Morgan fingerprint density at radius 2 is 2.20 bits per heavy atom. The van der Waals surface area contributed by atoms with Gasteiger partial charge in [-0.2, -0.15) is 0 Å². The maximum Gasteiger partial charge on any atom is 0.275 e. The van der Waals surface area contributed by atoms with Gasteiger partial charge in [0.2, 0.25) is 0 Å². The van der Waals surface area contributed by atoms with Gasteiger partial charge >= 0.3 is 0 Å². The second kappa shape index (κ2) is 7.15. The third-order valence-corrected chi connectivity index (χ3v) is 4.32. The van der Waals surface area contributed by atoms with Gasteiger partial charge in [0, 0.05) is 28.7 Å². The molecule has 1 saturated heterocycles. The lowest BCUT2D eigenvalue weighted by atomic mass is 10.1. The van der Waals surface area contributed by atoms with Crippen LogP contribution in [0.4, 0.5) is 5.69 Å². The van der Waals surface area contributed by atoms with Crippen LogP contribution in [0.2, 0.25) is 0 Å². The molecular weight excluding hydrogens is 324 g/mol. The molecule has 0 aliphatic carbocycles. The normalized spacial score (nSPS) is 20.6. The third kappa shape index (κ3) is 3.77. The highest BCUT2D eigenvalue weighted by Crippen LogP contribution is 2.27. The average molecular weight is 343 g/mol. The van der Waals surface area contributed by atoms with Crippen LogP contribution in [0.5, 0.6) is 0 Å². The van der Waals surface area contributed by atoms with Crippen LogP contribution in [0.15, 0.2) is 22.7 Å². The summed E-state index contributed by atoms with van der Waals surface area (Å²) in [7, 11) is 0. The predicted molar refractivity (Wildman–Crippen MR) is 80.5 cm³/mol. The van der Waals surface area contributed by atoms with Crippen molar-refractivity contribution in [3.05, 3.63) is 38.3 Å². The second-order valence-corrected chi connectivity index (χ2v) is 6.10. The van der Waals surface area contributed by atoms with Crippen molar-refractivity contribution in [2.45, 2.75) is 38.3 Å². The highest BCUT2D eigenvalue weighted by Gasteiger charge is 2.23. The number of benzene rings is 1. The first kappa shape index (κ1) is 15.4. The molecule has 1 aliphatic rings. The number of nitro benzene ring substituents is 1. The van der Waals surface area contributed by atoms with Crippen molar-refractivity contribution in [2.75, 3.05) is 13.2 Å². The van der Waals surface area contributed by atoms with Crippen LogP contribution in [0.3, 0.4) is 0 Å². The molecular formula is C14H19BrN2O3. The first-order chi connectivity index (χ1) is 9.61. The fraction of sp³-hybridized carbons (Fsp3) is 0.571. The van der Waals surface area contributed by atoms with E-state index in [4.69, 9.17) is 0 Å². The van der Waals surface area contributed by atoms with Gasteiger partial charge in [0.25, 0.3) is 5.69 Å². The minimum atomic E-state index is -0.341. The van der Waals surface area contributed by atoms with Gasteiger partial charge in [-0.05, 0) is 31.5 Å². The molecule has 1 unspecified atom stereocenters. The summed E-state index contributed by atoms with van der Waals surface area (Å²) >= 11 is 3.27. The number of halogens is 1. The lowest BCUT2D eigenvalue weighted by Crippen LogP contribution is -2.37. The lowest BCUT2D eigenvalue weighted by Gasteiger charge is -2.28. The molecule has 0 aromatic heterocycles. The minimum absolute atomic E-state index is 0.112. The zero-order valence-corrected chi connectivity index (χ0v) is 12.9. The van der Waals surface area contributed by atoms with Crippen LogP contribution in [0.25, 0.3) is 0 Å². The second-order valence-electron chi connectivity index (χ2n) is 5.19. The van der Waals surface area contributed by atoms with Crippen LogP contribution in [0, 0.1) is 10.1 Å². The standard InChI is InChI=1S/C14H19BrN2O3/c15-12-6-5-11(14(8-12)17(19)20)9-16-7-3-1-2-4-13(16)10-18/h5-6,8,13,18H,1-4,7,9-10H2. The van der Waals surface area contributed by atoms with Gasteiger partial charge in [-0.15, -0.1) is 0 Å². The van der Waals surface area contributed by atoms with E-state index in [1.807, 2.05) is 6.07 Å². The number of hydrogen-bond donors (Lipinski definition) is 1. The smallest absolute Gasteiger partial charge is 0.275 e. The fourth-order valence-electron chi connectivity index (χ4n) is 2.71. The zero-order valence-electron chi connectivity index (χ0n) is 11.3. The minimum Gasteiger partial charge on any atom is -0.395 e. The molecule has 1 fully saturated rings. The molecule has 0 bridgehead atoms. The van der Waals surface area contributed by atoms with Crippen molar-refractivity contribution in [1.82, 2.24) is 4.90 Å². The molecule has 0 radical (unpaired) electrons. The summed E-state index contributed by atoms with van der Waals surface area (Å²) in [5.74, 6) is 0. The van der Waals surface area contributed by atoms with Crippen molar-refractivity contribution < 1.29 is 10.0 Å². The maximum atomic E-state index is 11.2. The Kier molecular flexibility index (Phi) is 5.51. The Morgan fingerprint density at radius 3 is 2.90 bits per heavy atom. The molecule has 1 heterocycles. The fourth-order valence-corrected chi connectivity index (χ4v) is 3.06. The van der Waals surface area contributed by atoms with Crippen molar-refractivity contribution in [3.8, 4) is 0 Å². The summed E-state index contributed by atoms with van der Waals surface area (Å²) in [6, 6.07) is 5.28. The number of nitro groups is 1. The molecule has 5 nitrogen and oxygen atoms in total. The number of hydrogen-bond acceptors (Lipinski definition) is 4. The number of aliphatic hydroxyl groups is 1. The van der Waals surface area contributed by atoms with E-state index >= 15 is 0 Å². The molecule has 20 heavy (non-hydrogen) atoms. The topological polar surface area (TPSA) is 66.6 Å². The van der Waals surface area contributed by atoms with Crippen LogP contribution in [-0.4, -0.2) is 34.1 Å². The number of nitrogens with zero attached hydrogens (tertiary/aromatic N) is 2. The van der Waals surface area contributed by atoms with Gasteiger partial charge in [-0.25, -0.2) is 0 Å². The van der Waals surface area contributed by atoms with Gasteiger partial charge < -0.3 is 5.11 Å². The number of rotatable bonds is 4. The first-order valence-corrected chi connectivity index (χ1v) is 7.69. The Hall–Kier alpha value is -0.980. The monoisotopic (exact) mass is 342 g/mol. The Bertz CT molecular complexity index is 481. The summed E-state index contributed by atoms with van der Waals surface area (Å²) in [6.07, 6.45) is 4.32. The number of likely N-dealkylation sites (tertiary alicyclic amines) is 1. The molecule has 110 valence electrons. The quantitative estimate of drug-likeness (QED) is 0.674. The highest BCUT2D eigenvalue weighted by molar-refractivity contribution is 9.10.